The van der Waals surface area contributed by atoms with Crippen LogP contribution < -0.4 is 10.6 Å². The lowest BCUT2D eigenvalue weighted by Gasteiger charge is -2.33. The summed E-state index contributed by atoms with van der Waals surface area (Å²) in [6.45, 7) is 2.23. The lowest BCUT2D eigenvalue weighted by molar-refractivity contribution is 0.403. The van der Waals surface area contributed by atoms with Crippen LogP contribution in [0.5, 0.6) is 0 Å². The molecule has 1 aliphatic rings. The molecule has 0 bridgehead atoms. The lowest BCUT2D eigenvalue weighted by Crippen LogP contribution is -2.34. The Morgan fingerprint density at radius 2 is 1.80 bits per heavy atom. The van der Waals surface area contributed by atoms with Gasteiger partial charge in [-0.3, -0.25) is 0 Å². The Morgan fingerprint density at radius 3 is 2.45 bits per heavy atom. The lowest BCUT2D eigenvalue weighted by atomic mass is 9.90. The van der Waals surface area contributed by atoms with Gasteiger partial charge in [-0.25, -0.2) is 4.98 Å². The Hall–Kier alpha value is -2.03. The maximum atomic E-state index is 5.63. The van der Waals surface area contributed by atoms with E-state index in [2.05, 4.69) is 46.3 Å². The quantitative estimate of drug-likeness (QED) is 0.929. The van der Waals surface area contributed by atoms with E-state index in [1.165, 1.54) is 30.5 Å². The number of anilines is 2. The van der Waals surface area contributed by atoms with E-state index in [9.17, 15) is 0 Å². The number of piperidine rings is 1. The molecule has 1 saturated heterocycles. The average Bonchev–Trinajstić information content (AvgIpc) is 2.50. The highest BCUT2D eigenvalue weighted by atomic mass is 15.1. The Labute approximate surface area is 120 Å². The second-order valence-electron chi connectivity index (χ2n) is 5.56. The van der Waals surface area contributed by atoms with Crippen LogP contribution in [0.4, 0.5) is 11.5 Å². The molecule has 0 aliphatic carbocycles. The Bertz CT molecular complexity index is 528. The zero-order chi connectivity index (χ0) is 13.8. The van der Waals surface area contributed by atoms with Crippen LogP contribution in [0.2, 0.25) is 0 Å². The van der Waals surface area contributed by atoms with E-state index >= 15 is 0 Å². The van der Waals surface area contributed by atoms with Gasteiger partial charge in [-0.1, -0.05) is 30.3 Å². The largest absolute Gasteiger partial charge is 0.384 e. The molecular formula is C17H21N3. The number of nitrogens with two attached hydrogens (primary N) is 1. The third-order valence-corrected chi connectivity index (χ3v) is 4.12. The predicted molar refractivity (Wildman–Crippen MR) is 83.7 cm³/mol. The summed E-state index contributed by atoms with van der Waals surface area (Å²) in [5, 5.41) is 0. The fourth-order valence-corrected chi connectivity index (χ4v) is 2.93. The van der Waals surface area contributed by atoms with Crippen molar-refractivity contribution in [3.8, 4) is 0 Å². The summed E-state index contributed by atoms with van der Waals surface area (Å²) in [6, 6.07) is 14.8. The van der Waals surface area contributed by atoms with E-state index in [0.717, 1.165) is 19.0 Å². The van der Waals surface area contributed by atoms with Gasteiger partial charge >= 0.3 is 0 Å². The predicted octanol–water partition coefficient (Wildman–Crippen LogP) is 3.12. The minimum absolute atomic E-state index is 0.590. The van der Waals surface area contributed by atoms with Crippen molar-refractivity contribution in [2.24, 2.45) is 5.92 Å². The highest BCUT2D eigenvalue weighted by molar-refractivity contribution is 5.48. The number of pyridine rings is 1. The van der Waals surface area contributed by atoms with Crippen LogP contribution in [0.1, 0.15) is 18.4 Å². The van der Waals surface area contributed by atoms with Gasteiger partial charge in [0.05, 0.1) is 11.9 Å². The number of hydrogen-bond acceptors (Lipinski definition) is 3. The number of nitrogens with zero attached hydrogens (tertiary/aromatic N) is 2. The molecule has 2 N–H and O–H groups in total. The van der Waals surface area contributed by atoms with Crippen molar-refractivity contribution in [2.45, 2.75) is 19.3 Å². The summed E-state index contributed by atoms with van der Waals surface area (Å²) in [5.41, 5.74) is 8.29. The van der Waals surface area contributed by atoms with Crippen LogP contribution in [0.15, 0.2) is 48.7 Å². The van der Waals surface area contributed by atoms with Gasteiger partial charge in [0.1, 0.15) is 5.82 Å². The van der Waals surface area contributed by atoms with Crippen LogP contribution in [0, 0.1) is 5.92 Å². The van der Waals surface area contributed by atoms with Crippen LogP contribution in [0.3, 0.4) is 0 Å². The summed E-state index contributed by atoms with van der Waals surface area (Å²) >= 11 is 0. The molecule has 0 saturated carbocycles. The fraction of sp³-hybridized carbons (Fsp3) is 0.353. The van der Waals surface area contributed by atoms with Crippen molar-refractivity contribution >= 4 is 11.5 Å². The standard InChI is InChI=1S/C17H21N3/c18-17-7-6-16(13-19-17)20-10-8-15(9-11-20)12-14-4-2-1-3-5-14/h1-7,13,15H,8-12H2,(H2,18,19). The molecular weight excluding hydrogens is 246 g/mol. The summed E-state index contributed by atoms with van der Waals surface area (Å²) in [5.74, 6) is 1.39. The van der Waals surface area contributed by atoms with Gasteiger partial charge < -0.3 is 10.6 Å². The highest BCUT2D eigenvalue weighted by Gasteiger charge is 2.19. The molecule has 0 amide bonds. The Kier molecular flexibility index (Phi) is 3.86. The van der Waals surface area contributed by atoms with Gasteiger partial charge in [0.2, 0.25) is 0 Å². The first-order valence-electron chi connectivity index (χ1n) is 7.31. The van der Waals surface area contributed by atoms with Crippen LogP contribution >= 0.6 is 0 Å². The maximum Gasteiger partial charge on any atom is 0.123 e. The summed E-state index contributed by atoms with van der Waals surface area (Å²) < 4.78 is 0. The monoisotopic (exact) mass is 267 g/mol. The number of nitrogen functional groups attached to an aromatic ring is 1. The van der Waals surface area contributed by atoms with Crippen molar-refractivity contribution in [3.05, 3.63) is 54.2 Å². The smallest absolute Gasteiger partial charge is 0.123 e. The number of aromatic nitrogens is 1. The first-order chi connectivity index (χ1) is 9.81. The molecule has 2 aromatic rings. The molecule has 3 heteroatoms. The van der Waals surface area contributed by atoms with E-state index in [-0.39, 0.29) is 0 Å². The highest BCUT2D eigenvalue weighted by Crippen LogP contribution is 2.25. The molecule has 1 aromatic heterocycles. The summed E-state index contributed by atoms with van der Waals surface area (Å²) in [6.07, 6.45) is 5.58. The summed E-state index contributed by atoms with van der Waals surface area (Å²) in [4.78, 5) is 6.59. The molecule has 0 radical (unpaired) electrons. The second kappa shape index (κ2) is 5.95. The molecule has 0 unspecified atom stereocenters. The van der Waals surface area contributed by atoms with Crippen molar-refractivity contribution in [2.75, 3.05) is 23.7 Å². The number of benzene rings is 1. The molecule has 2 heterocycles. The van der Waals surface area contributed by atoms with Crippen molar-refractivity contribution in [3.63, 3.8) is 0 Å². The molecule has 0 atom stereocenters. The first-order valence-corrected chi connectivity index (χ1v) is 7.31. The minimum Gasteiger partial charge on any atom is -0.384 e. The number of hydrogen-bond donors (Lipinski definition) is 1. The molecule has 0 spiro atoms. The minimum atomic E-state index is 0.590. The average molecular weight is 267 g/mol. The van der Waals surface area contributed by atoms with Crippen molar-refractivity contribution in [1.82, 2.24) is 4.98 Å². The topological polar surface area (TPSA) is 42.1 Å². The van der Waals surface area contributed by atoms with Gasteiger partial charge in [0, 0.05) is 13.1 Å². The molecule has 1 fully saturated rings. The Balaban J connectivity index is 1.55. The zero-order valence-corrected chi connectivity index (χ0v) is 11.7. The van der Waals surface area contributed by atoms with Crippen LogP contribution in [-0.2, 0) is 6.42 Å². The van der Waals surface area contributed by atoms with Gasteiger partial charge in [-0.15, -0.1) is 0 Å². The fourth-order valence-electron chi connectivity index (χ4n) is 2.93. The normalized spacial score (nSPS) is 16.3. The molecule has 104 valence electrons. The zero-order valence-electron chi connectivity index (χ0n) is 11.7. The van der Waals surface area contributed by atoms with Crippen molar-refractivity contribution < 1.29 is 0 Å². The van der Waals surface area contributed by atoms with E-state index < -0.39 is 0 Å². The SMILES string of the molecule is Nc1ccc(N2CCC(Cc3ccccc3)CC2)cn1. The van der Waals surface area contributed by atoms with Gasteiger partial charge in [-0.05, 0) is 42.9 Å². The first kappa shape index (κ1) is 13.0. The molecule has 3 nitrogen and oxygen atoms in total. The molecule has 1 aliphatic heterocycles. The van der Waals surface area contributed by atoms with Gasteiger partial charge in [0.25, 0.3) is 0 Å². The van der Waals surface area contributed by atoms with Crippen molar-refractivity contribution in [1.29, 1.82) is 0 Å². The van der Waals surface area contributed by atoms with Crippen LogP contribution in [-0.4, -0.2) is 18.1 Å². The second-order valence-corrected chi connectivity index (χ2v) is 5.56. The van der Waals surface area contributed by atoms with Gasteiger partial charge in [0.15, 0.2) is 0 Å². The van der Waals surface area contributed by atoms with E-state index in [0.29, 0.717) is 5.82 Å². The van der Waals surface area contributed by atoms with Gasteiger partial charge in [-0.2, -0.15) is 0 Å². The van der Waals surface area contributed by atoms with E-state index in [1.54, 1.807) is 0 Å². The molecule has 1 aromatic carbocycles. The Morgan fingerprint density at radius 1 is 1.05 bits per heavy atom. The summed E-state index contributed by atoms with van der Waals surface area (Å²) in [7, 11) is 0. The third-order valence-electron chi connectivity index (χ3n) is 4.12. The van der Waals surface area contributed by atoms with E-state index in [4.69, 9.17) is 5.73 Å². The maximum absolute atomic E-state index is 5.63. The molecule has 3 rings (SSSR count). The number of rotatable bonds is 3. The van der Waals surface area contributed by atoms with E-state index in [1.807, 2.05) is 12.3 Å². The molecule has 20 heavy (non-hydrogen) atoms. The van der Waals surface area contributed by atoms with Crippen LogP contribution in [0.25, 0.3) is 0 Å². The third kappa shape index (κ3) is 3.10.